The number of rotatable bonds is 9. The summed E-state index contributed by atoms with van der Waals surface area (Å²) >= 11 is 0. The molecule has 0 N–H and O–H groups in total. The Morgan fingerprint density at radius 3 is 2.47 bits per heavy atom. The van der Waals surface area contributed by atoms with E-state index in [1.807, 2.05) is 36.4 Å². The number of carbonyl (C=O) groups is 3. The first kappa shape index (κ1) is 25.4. The van der Waals surface area contributed by atoms with Crippen LogP contribution in [0.5, 0.6) is 5.75 Å². The Labute approximate surface area is 211 Å². The highest BCUT2D eigenvalue weighted by molar-refractivity contribution is 5.91. The van der Waals surface area contributed by atoms with Crippen LogP contribution in [-0.2, 0) is 32.3 Å². The third kappa shape index (κ3) is 6.28. The molecule has 0 radical (unpaired) electrons. The Morgan fingerprint density at radius 1 is 1.03 bits per heavy atom. The maximum Gasteiger partial charge on any atom is 0.242 e. The van der Waals surface area contributed by atoms with Gasteiger partial charge in [0.1, 0.15) is 5.75 Å². The lowest BCUT2D eigenvalue weighted by Gasteiger charge is -2.26. The molecule has 2 aromatic rings. The predicted octanol–water partition coefficient (Wildman–Crippen LogP) is 1.88. The van der Waals surface area contributed by atoms with Gasteiger partial charge in [-0.25, -0.2) is 0 Å². The van der Waals surface area contributed by atoms with Gasteiger partial charge in [0.25, 0.3) is 0 Å². The second-order valence-corrected chi connectivity index (χ2v) is 9.12. The number of amides is 3. The summed E-state index contributed by atoms with van der Waals surface area (Å²) in [6, 6.07) is 11.3. The van der Waals surface area contributed by atoms with Gasteiger partial charge < -0.3 is 24.2 Å². The van der Waals surface area contributed by atoms with E-state index >= 15 is 0 Å². The Kier molecular flexibility index (Phi) is 8.32. The van der Waals surface area contributed by atoms with Crippen LogP contribution in [0.3, 0.4) is 0 Å². The largest absolute Gasteiger partial charge is 0.497 e. The molecule has 2 aliphatic rings. The molecule has 190 valence electrons. The average Bonchev–Trinajstić information content (AvgIpc) is 3.18. The lowest BCUT2D eigenvalue weighted by atomic mass is 10.1. The molecule has 0 saturated carbocycles. The van der Waals surface area contributed by atoms with Gasteiger partial charge in [-0.1, -0.05) is 18.2 Å². The monoisotopic (exact) mass is 492 g/mol. The van der Waals surface area contributed by atoms with Gasteiger partial charge in [0.05, 0.1) is 32.3 Å². The lowest BCUT2D eigenvalue weighted by molar-refractivity contribution is -0.141. The molecule has 0 unspecified atom stereocenters. The zero-order valence-corrected chi connectivity index (χ0v) is 20.5. The van der Waals surface area contributed by atoms with Crippen molar-refractivity contribution in [2.45, 2.75) is 25.7 Å². The van der Waals surface area contributed by atoms with Gasteiger partial charge in [0.15, 0.2) is 0 Å². The number of likely N-dealkylation sites (tertiary alicyclic amines) is 1. The molecule has 2 atom stereocenters. The summed E-state index contributed by atoms with van der Waals surface area (Å²) in [5.74, 6) is -0.137. The molecule has 4 rings (SSSR count). The van der Waals surface area contributed by atoms with Crippen molar-refractivity contribution in [1.29, 1.82) is 0 Å². The molecule has 3 amide bonds. The molecular formula is C27H32N4O5. The maximum absolute atomic E-state index is 13.4. The Bertz CT molecular complexity index is 1080. The van der Waals surface area contributed by atoms with Crippen LogP contribution in [0.25, 0.3) is 0 Å². The van der Waals surface area contributed by atoms with E-state index in [0.29, 0.717) is 32.8 Å². The fraction of sp³-hybridized carbons (Fsp3) is 0.407. The van der Waals surface area contributed by atoms with E-state index < -0.39 is 5.92 Å². The Morgan fingerprint density at radius 2 is 1.78 bits per heavy atom. The number of aromatic nitrogens is 1. The highest BCUT2D eigenvalue weighted by Crippen LogP contribution is 2.23. The van der Waals surface area contributed by atoms with Gasteiger partial charge in [0.2, 0.25) is 17.7 Å². The minimum absolute atomic E-state index is 0.0454. The fourth-order valence-corrected chi connectivity index (χ4v) is 4.58. The van der Waals surface area contributed by atoms with E-state index in [1.54, 1.807) is 40.3 Å². The number of benzene rings is 1. The summed E-state index contributed by atoms with van der Waals surface area (Å²) in [7, 11) is 1.61. The summed E-state index contributed by atoms with van der Waals surface area (Å²) in [5, 5.41) is 0. The summed E-state index contributed by atoms with van der Waals surface area (Å²) in [4.78, 5) is 48.0. The molecular weight excluding hydrogens is 460 g/mol. The van der Waals surface area contributed by atoms with Crippen molar-refractivity contribution in [3.05, 3.63) is 72.6 Å². The third-order valence-electron chi connectivity index (χ3n) is 6.52. The van der Waals surface area contributed by atoms with Crippen molar-refractivity contribution in [2.75, 3.05) is 39.8 Å². The fourth-order valence-electron chi connectivity index (χ4n) is 4.58. The van der Waals surface area contributed by atoms with Crippen LogP contribution in [0.2, 0.25) is 0 Å². The van der Waals surface area contributed by atoms with Gasteiger partial charge in [-0.15, -0.1) is 6.58 Å². The highest BCUT2D eigenvalue weighted by atomic mass is 16.5. The van der Waals surface area contributed by atoms with Gasteiger partial charge in [0, 0.05) is 51.5 Å². The van der Waals surface area contributed by atoms with Gasteiger partial charge in [-0.3, -0.25) is 19.4 Å². The van der Waals surface area contributed by atoms with E-state index in [-0.39, 0.29) is 43.3 Å². The van der Waals surface area contributed by atoms with Gasteiger partial charge >= 0.3 is 0 Å². The van der Waals surface area contributed by atoms with Crippen molar-refractivity contribution < 1.29 is 23.9 Å². The summed E-state index contributed by atoms with van der Waals surface area (Å²) in [5.41, 5.74) is 1.92. The molecule has 1 aromatic carbocycles. The molecule has 0 spiro atoms. The molecule has 0 bridgehead atoms. The van der Waals surface area contributed by atoms with Crippen molar-refractivity contribution in [3.8, 4) is 5.75 Å². The van der Waals surface area contributed by atoms with Crippen molar-refractivity contribution in [3.63, 3.8) is 0 Å². The SMILES string of the molecule is C=CCN1C[C@H](C(=O)N2CC(=O)N(Cc3ccc(OC)cc3)C[C@@H](OCc3ccncc3)C2)CC1=O. The molecule has 2 saturated heterocycles. The number of nitrogens with zero attached hydrogens (tertiary/aromatic N) is 4. The van der Waals surface area contributed by atoms with Crippen molar-refractivity contribution >= 4 is 17.7 Å². The minimum atomic E-state index is -0.473. The predicted molar refractivity (Wildman–Crippen MR) is 133 cm³/mol. The standard InChI is InChI=1S/C27H32N4O5/c1-3-12-29-15-22(13-25(29)32)27(34)31-17-24(36-19-21-8-10-28-11-9-21)16-30(26(33)18-31)14-20-4-6-23(35-2)7-5-20/h3-11,22,24H,1,12-19H2,2H3/t22-,24-/m1/s1. The Balaban J connectivity index is 1.49. The normalized spacial score (nSPS) is 20.4. The van der Waals surface area contributed by atoms with Crippen LogP contribution < -0.4 is 4.74 Å². The van der Waals surface area contributed by atoms with E-state index in [1.165, 1.54) is 0 Å². The zero-order chi connectivity index (χ0) is 25.5. The van der Waals surface area contributed by atoms with Gasteiger partial charge in [-0.05, 0) is 35.4 Å². The van der Waals surface area contributed by atoms with Crippen LogP contribution in [0, 0.1) is 5.92 Å². The third-order valence-corrected chi connectivity index (χ3v) is 6.52. The topological polar surface area (TPSA) is 92.3 Å². The first-order valence-electron chi connectivity index (χ1n) is 12.1. The average molecular weight is 493 g/mol. The smallest absolute Gasteiger partial charge is 0.242 e. The maximum atomic E-state index is 13.4. The molecule has 9 nitrogen and oxygen atoms in total. The number of hydrogen-bond donors (Lipinski definition) is 0. The molecule has 0 aliphatic carbocycles. The molecule has 9 heteroatoms. The van der Waals surface area contributed by atoms with E-state index in [9.17, 15) is 14.4 Å². The molecule has 2 aliphatic heterocycles. The summed E-state index contributed by atoms with van der Waals surface area (Å²) in [6.07, 6.45) is 4.82. The molecule has 2 fully saturated rings. The number of carbonyl (C=O) groups excluding carboxylic acids is 3. The van der Waals surface area contributed by atoms with E-state index in [4.69, 9.17) is 9.47 Å². The lowest BCUT2D eigenvalue weighted by Crippen LogP contribution is -2.43. The second-order valence-electron chi connectivity index (χ2n) is 9.12. The van der Waals surface area contributed by atoms with Gasteiger partial charge in [-0.2, -0.15) is 0 Å². The number of hydrogen-bond acceptors (Lipinski definition) is 6. The van der Waals surface area contributed by atoms with E-state index in [0.717, 1.165) is 16.9 Å². The molecule has 1 aromatic heterocycles. The zero-order valence-electron chi connectivity index (χ0n) is 20.5. The second kappa shape index (κ2) is 11.8. The quantitative estimate of drug-likeness (QED) is 0.497. The minimum Gasteiger partial charge on any atom is -0.497 e. The highest BCUT2D eigenvalue weighted by Gasteiger charge is 2.39. The molecule has 3 heterocycles. The van der Waals surface area contributed by atoms with Crippen LogP contribution >= 0.6 is 0 Å². The van der Waals surface area contributed by atoms with Crippen molar-refractivity contribution in [1.82, 2.24) is 19.7 Å². The van der Waals surface area contributed by atoms with Crippen LogP contribution in [0.1, 0.15) is 17.5 Å². The van der Waals surface area contributed by atoms with Crippen LogP contribution in [0.4, 0.5) is 0 Å². The number of ether oxygens (including phenoxy) is 2. The number of methoxy groups -OCH3 is 1. The first-order valence-corrected chi connectivity index (χ1v) is 12.1. The first-order chi connectivity index (χ1) is 17.5. The Hall–Kier alpha value is -3.72. The van der Waals surface area contributed by atoms with E-state index in [2.05, 4.69) is 11.6 Å². The summed E-state index contributed by atoms with van der Waals surface area (Å²) in [6.45, 7) is 5.76. The number of pyridine rings is 1. The summed E-state index contributed by atoms with van der Waals surface area (Å²) < 4.78 is 11.4. The van der Waals surface area contributed by atoms with Crippen LogP contribution in [0.15, 0.2) is 61.4 Å². The van der Waals surface area contributed by atoms with Crippen LogP contribution in [-0.4, -0.2) is 83.3 Å². The molecule has 36 heavy (non-hydrogen) atoms. The van der Waals surface area contributed by atoms with Crippen molar-refractivity contribution in [2.24, 2.45) is 5.92 Å².